The van der Waals surface area contributed by atoms with Gasteiger partial charge in [-0.25, -0.2) is 0 Å². The molecule has 0 aromatic heterocycles. The van der Waals surface area contributed by atoms with E-state index in [2.05, 4.69) is 53.0 Å². The molecule has 110 valence electrons. The molecule has 0 heterocycles. The van der Waals surface area contributed by atoms with Gasteiger partial charge in [0.15, 0.2) is 0 Å². The number of hydrogen-bond acceptors (Lipinski definition) is 1. The Morgan fingerprint density at radius 1 is 0.900 bits per heavy atom. The third-order valence-electron chi connectivity index (χ3n) is 4.23. The Morgan fingerprint density at radius 3 is 1.85 bits per heavy atom. The SMILES string of the molecule is CC(C)[Si](C#CCOc1ccccc1)(C(C)C)C(C)C. The molecule has 0 saturated heterocycles. The molecule has 20 heavy (non-hydrogen) atoms. The Balaban J connectivity index is 2.79. The highest BCUT2D eigenvalue weighted by Crippen LogP contribution is 2.40. The summed E-state index contributed by atoms with van der Waals surface area (Å²) in [6.45, 7) is 14.5. The third-order valence-corrected chi connectivity index (χ3v) is 10.6. The summed E-state index contributed by atoms with van der Waals surface area (Å²) >= 11 is 0. The summed E-state index contributed by atoms with van der Waals surface area (Å²) in [4.78, 5) is 0. The summed E-state index contributed by atoms with van der Waals surface area (Å²) in [5.41, 5.74) is 5.68. The topological polar surface area (TPSA) is 9.23 Å². The molecule has 0 saturated carbocycles. The lowest BCUT2D eigenvalue weighted by atomic mass is 10.3. The van der Waals surface area contributed by atoms with Crippen molar-refractivity contribution in [2.24, 2.45) is 0 Å². The van der Waals surface area contributed by atoms with E-state index in [1.165, 1.54) is 0 Å². The molecule has 0 aliphatic heterocycles. The number of hydrogen-bond donors (Lipinski definition) is 0. The van der Waals surface area contributed by atoms with Crippen molar-refractivity contribution >= 4 is 8.07 Å². The highest BCUT2D eigenvalue weighted by atomic mass is 28.3. The van der Waals surface area contributed by atoms with Crippen molar-refractivity contribution in [2.45, 2.75) is 58.2 Å². The van der Waals surface area contributed by atoms with Gasteiger partial charge in [0, 0.05) is 0 Å². The number of para-hydroxylation sites is 1. The Hall–Kier alpha value is -1.20. The average molecular weight is 289 g/mol. The van der Waals surface area contributed by atoms with Crippen molar-refractivity contribution in [1.29, 1.82) is 0 Å². The van der Waals surface area contributed by atoms with Crippen LogP contribution in [0.5, 0.6) is 5.75 Å². The van der Waals surface area contributed by atoms with Gasteiger partial charge in [-0.3, -0.25) is 0 Å². The summed E-state index contributed by atoms with van der Waals surface area (Å²) < 4.78 is 5.69. The fourth-order valence-corrected chi connectivity index (χ4v) is 8.50. The molecule has 0 aliphatic carbocycles. The van der Waals surface area contributed by atoms with Crippen LogP contribution in [-0.4, -0.2) is 14.7 Å². The minimum Gasteiger partial charge on any atom is -0.481 e. The summed E-state index contributed by atoms with van der Waals surface area (Å²) in [5.74, 6) is 4.20. The maximum absolute atomic E-state index is 5.69. The van der Waals surface area contributed by atoms with E-state index in [4.69, 9.17) is 4.74 Å². The lowest BCUT2D eigenvalue weighted by Crippen LogP contribution is -2.43. The maximum Gasteiger partial charge on any atom is 0.148 e. The monoisotopic (exact) mass is 288 g/mol. The van der Waals surface area contributed by atoms with Crippen molar-refractivity contribution in [2.75, 3.05) is 6.61 Å². The minimum atomic E-state index is -1.61. The molecule has 1 rings (SSSR count). The van der Waals surface area contributed by atoms with E-state index in [0.29, 0.717) is 23.2 Å². The first-order valence-electron chi connectivity index (χ1n) is 7.59. The van der Waals surface area contributed by atoms with Crippen LogP contribution in [0, 0.1) is 11.5 Å². The minimum absolute atomic E-state index is 0.491. The third kappa shape index (κ3) is 3.90. The van der Waals surface area contributed by atoms with E-state index >= 15 is 0 Å². The largest absolute Gasteiger partial charge is 0.481 e. The van der Waals surface area contributed by atoms with Crippen LogP contribution in [0.1, 0.15) is 41.5 Å². The summed E-state index contributed by atoms with van der Waals surface area (Å²) in [7, 11) is -1.61. The zero-order valence-electron chi connectivity index (χ0n) is 13.7. The number of ether oxygens (including phenoxy) is 1. The molecule has 1 nitrogen and oxygen atoms in total. The van der Waals surface area contributed by atoms with Gasteiger partial charge in [0.2, 0.25) is 0 Å². The first kappa shape index (κ1) is 16.9. The molecule has 0 radical (unpaired) electrons. The quantitative estimate of drug-likeness (QED) is 0.528. The smallest absolute Gasteiger partial charge is 0.148 e. The number of rotatable bonds is 5. The molecule has 0 aliphatic rings. The van der Waals surface area contributed by atoms with E-state index in [1.807, 2.05) is 30.3 Å². The molecule has 0 spiro atoms. The van der Waals surface area contributed by atoms with Crippen LogP contribution in [0.15, 0.2) is 30.3 Å². The summed E-state index contributed by atoms with van der Waals surface area (Å²) in [5, 5.41) is 0. The van der Waals surface area contributed by atoms with E-state index in [9.17, 15) is 0 Å². The second-order valence-corrected chi connectivity index (χ2v) is 11.9. The van der Waals surface area contributed by atoms with E-state index in [0.717, 1.165) is 5.75 Å². The van der Waals surface area contributed by atoms with E-state index in [1.54, 1.807) is 0 Å². The average Bonchev–Trinajstić information content (AvgIpc) is 2.38. The summed E-state index contributed by atoms with van der Waals surface area (Å²) in [6.07, 6.45) is 0. The van der Waals surface area contributed by atoms with Crippen LogP contribution < -0.4 is 4.74 Å². The van der Waals surface area contributed by atoms with Gasteiger partial charge < -0.3 is 4.74 Å². The first-order chi connectivity index (χ1) is 9.41. The summed E-state index contributed by atoms with van der Waals surface area (Å²) in [6, 6.07) is 9.91. The molecular weight excluding hydrogens is 260 g/mol. The van der Waals surface area contributed by atoms with Crippen LogP contribution in [0.2, 0.25) is 16.6 Å². The van der Waals surface area contributed by atoms with Gasteiger partial charge in [0.25, 0.3) is 0 Å². The predicted octanol–water partition coefficient (Wildman–Crippen LogP) is 5.29. The van der Waals surface area contributed by atoms with Crippen molar-refractivity contribution < 1.29 is 4.74 Å². The van der Waals surface area contributed by atoms with Crippen LogP contribution in [0.25, 0.3) is 0 Å². The molecule has 0 atom stereocenters. The van der Waals surface area contributed by atoms with Gasteiger partial charge in [-0.05, 0) is 28.8 Å². The van der Waals surface area contributed by atoms with E-state index in [-0.39, 0.29) is 0 Å². The molecule has 1 aromatic rings. The second-order valence-electron chi connectivity index (χ2n) is 6.30. The molecule has 1 aromatic carbocycles. The molecule has 0 unspecified atom stereocenters. The fraction of sp³-hybridized carbons (Fsp3) is 0.556. The molecule has 0 fully saturated rings. The predicted molar refractivity (Wildman–Crippen MR) is 90.8 cm³/mol. The highest BCUT2D eigenvalue weighted by Gasteiger charge is 2.41. The van der Waals surface area contributed by atoms with Crippen LogP contribution in [-0.2, 0) is 0 Å². The molecule has 2 heteroatoms. The van der Waals surface area contributed by atoms with Crippen LogP contribution in [0.4, 0.5) is 0 Å². The first-order valence-corrected chi connectivity index (χ1v) is 9.82. The highest BCUT2D eigenvalue weighted by molar-refractivity contribution is 6.90. The van der Waals surface area contributed by atoms with Crippen molar-refractivity contribution in [3.8, 4) is 17.2 Å². The van der Waals surface area contributed by atoms with Crippen molar-refractivity contribution in [1.82, 2.24) is 0 Å². The van der Waals surface area contributed by atoms with Gasteiger partial charge in [-0.15, -0.1) is 5.54 Å². The normalized spacial score (nSPS) is 11.7. The van der Waals surface area contributed by atoms with Crippen LogP contribution in [0.3, 0.4) is 0 Å². The lowest BCUT2D eigenvalue weighted by molar-refractivity contribution is 0.370. The Kier molecular flexibility index (Phi) is 6.36. The Labute approximate surface area is 125 Å². The lowest BCUT2D eigenvalue weighted by Gasteiger charge is -2.38. The van der Waals surface area contributed by atoms with Gasteiger partial charge in [0.1, 0.15) is 20.4 Å². The Bertz CT molecular complexity index is 430. The van der Waals surface area contributed by atoms with Crippen molar-refractivity contribution in [3.05, 3.63) is 30.3 Å². The zero-order chi connectivity index (χ0) is 15.2. The van der Waals surface area contributed by atoms with Gasteiger partial charge in [-0.2, -0.15) is 0 Å². The molecule has 0 N–H and O–H groups in total. The Morgan fingerprint density at radius 2 is 1.40 bits per heavy atom. The second kappa shape index (κ2) is 7.55. The zero-order valence-corrected chi connectivity index (χ0v) is 14.7. The van der Waals surface area contributed by atoms with Gasteiger partial charge in [-0.1, -0.05) is 65.7 Å². The van der Waals surface area contributed by atoms with Crippen molar-refractivity contribution in [3.63, 3.8) is 0 Å². The number of benzene rings is 1. The van der Waals surface area contributed by atoms with E-state index < -0.39 is 8.07 Å². The standard InChI is InChI=1S/C18H28OSi/c1-15(2)20(16(3)4,17(5)6)14-10-13-19-18-11-8-7-9-12-18/h7-9,11-12,15-17H,13H2,1-6H3. The van der Waals surface area contributed by atoms with Gasteiger partial charge in [0.05, 0.1) is 0 Å². The van der Waals surface area contributed by atoms with Crippen LogP contribution >= 0.6 is 0 Å². The van der Waals surface area contributed by atoms with Gasteiger partial charge >= 0.3 is 0 Å². The fourth-order valence-electron chi connectivity index (χ4n) is 3.26. The molecular formula is C18H28OSi. The molecule has 0 amide bonds. The molecule has 0 bridgehead atoms. The maximum atomic E-state index is 5.69.